The van der Waals surface area contributed by atoms with Crippen LogP contribution in [-0.4, -0.2) is 24.7 Å². The van der Waals surface area contributed by atoms with Gasteiger partial charge in [-0.1, -0.05) is 18.6 Å². The van der Waals surface area contributed by atoms with Gasteiger partial charge in [-0.2, -0.15) is 4.98 Å². The molecule has 1 saturated heterocycles. The minimum Gasteiger partial charge on any atom is -0.453 e. The topological polar surface area (TPSA) is 47.3 Å². The first-order valence-corrected chi connectivity index (χ1v) is 6.52. The van der Waals surface area contributed by atoms with Crippen molar-refractivity contribution in [2.45, 2.75) is 31.7 Å². The second-order valence-electron chi connectivity index (χ2n) is 4.80. The first kappa shape index (κ1) is 11.5. The Balaban J connectivity index is 1.88. The number of nitrogens with zero attached hydrogens (tertiary/aromatic N) is 1. The molecule has 1 aliphatic rings. The average molecular weight is 246 g/mol. The second kappa shape index (κ2) is 4.98. The number of piperidine rings is 1. The maximum Gasteiger partial charge on any atom is 0.394 e. The molecule has 96 valence electrons. The molecular weight excluding hydrogens is 228 g/mol. The van der Waals surface area contributed by atoms with Crippen molar-refractivity contribution in [1.29, 1.82) is 0 Å². The highest BCUT2D eigenvalue weighted by molar-refractivity contribution is 5.77. The molecule has 1 aromatic carbocycles. The monoisotopic (exact) mass is 246 g/mol. The molecule has 1 unspecified atom stereocenters. The second-order valence-corrected chi connectivity index (χ2v) is 4.80. The lowest BCUT2D eigenvalue weighted by molar-refractivity contribution is 0.299. The van der Waals surface area contributed by atoms with Gasteiger partial charge in [-0.15, -0.1) is 0 Å². The third-order valence-corrected chi connectivity index (χ3v) is 3.54. The fraction of sp³-hybridized carbons (Fsp3) is 0.500. The van der Waals surface area contributed by atoms with Crippen LogP contribution in [0.3, 0.4) is 0 Å². The van der Waals surface area contributed by atoms with Gasteiger partial charge in [-0.05, 0) is 37.4 Å². The summed E-state index contributed by atoms with van der Waals surface area (Å²) in [7, 11) is 1.58. The van der Waals surface area contributed by atoms with Gasteiger partial charge in [-0.25, -0.2) is 0 Å². The van der Waals surface area contributed by atoms with E-state index >= 15 is 0 Å². The van der Waals surface area contributed by atoms with Gasteiger partial charge in [0.1, 0.15) is 5.52 Å². The number of aromatic nitrogens is 1. The zero-order valence-corrected chi connectivity index (χ0v) is 10.6. The molecular formula is C14H18N2O2. The Morgan fingerprint density at radius 3 is 3.17 bits per heavy atom. The molecule has 0 spiro atoms. The maximum absolute atomic E-state index is 5.49. The standard InChI is InChI=1S/C14H18N2O2/c1-17-14-16-13-10(5-4-7-12(13)18-14)9-11-6-2-3-8-15-11/h4-5,7,11,15H,2-3,6,8-9H2,1H3. The molecule has 0 saturated carbocycles. The van der Waals surface area contributed by atoms with Crippen LogP contribution < -0.4 is 10.1 Å². The molecule has 1 N–H and O–H groups in total. The van der Waals surface area contributed by atoms with E-state index in [9.17, 15) is 0 Å². The zero-order valence-electron chi connectivity index (χ0n) is 10.6. The lowest BCUT2D eigenvalue weighted by Crippen LogP contribution is -2.35. The molecule has 1 atom stereocenters. The van der Waals surface area contributed by atoms with Crippen LogP contribution in [0.25, 0.3) is 11.1 Å². The molecule has 0 aliphatic carbocycles. The Morgan fingerprint density at radius 1 is 1.44 bits per heavy atom. The van der Waals surface area contributed by atoms with Gasteiger partial charge in [0, 0.05) is 6.04 Å². The maximum atomic E-state index is 5.49. The average Bonchev–Trinajstić information content (AvgIpc) is 2.84. The Morgan fingerprint density at radius 2 is 2.39 bits per heavy atom. The zero-order chi connectivity index (χ0) is 12.4. The third kappa shape index (κ3) is 2.20. The highest BCUT2D eigenvalue weighted by atomic mass is 16.6. The van der Waals surface area contributed by atoms with Crippen molar-refractivity contribution in [2.24, 2.45) is 0 Å². The van der Waals surface area contributed by atoms with Gasteiger partial charge in [-0.3, -0.25) is 0 Å². The van der Waals surface area contributed by atoms with Gasteiger partial charge in [0.25, 0.3) is 0 Å². The third-order valence-electron chi connectivity index (χ3n) is 3.54. The molecule has 2 aromatic rings. The highest BCUT2D eigenvalue weighted by Crippen LogP contribution is 2.25. The quantitative estimate of drug-likeness (QED) is 0.904. The predicted molar refractivity (Wildman–Crippen MR) is 69.9 cm³/mol. The molecule has 2 heterocycles. The van der Waals surface area contributed by atoms with E-state index in [0.717, 1.165) is 24.1 Å². The van der Waals surface area contributed by atoms with Gasteiger partial charge in [0.2, 0.25) is 0 Å². The predicted octanol–water partition coefficient (Wildman–Crippen LogP) is 2.52. The fourth-order valence-electron chi connectivity index (χ4n) is 2.60. The van der Waals surface area contributed by atoms with Crippen molar-refractivity contribution in [1.82, 2.24) is 10.3 Å². The van der Waals surface area contributed by atoms with Crippen LogP contribution in [0.2, 0.25) is 0 Å². The molecule has 3 rings (SSSR count). The van der Waals surface area contributed by atoms with Crippen LogP contribution in [0.15, 0.2) is 22.6 Å². The molecule has 1 aromatic heterocycles. The van der Waals surface area contributed by atoms with Crippen molar-refractivity contribution in [3.05, 3.63) is 23.8 Å². The summed E-state index contributed by atoms with van der Waals surface area (Å²) in [6.07, 6.45) is 5.20. The van der Waals surface area contributed by atoms with Crippen molar-refractivity contribution in [2.75, 3.05) is 13.7 Å². The van der Waals surface area contributed by atoms with E-state index in [1.807, 2.05) is 12.1 Å². The lowest BCUT2D eigenvalue weighted by atomic mass is 9.97. The normalized spacial score (nSPS) is 20.2. The summed E-state index contributed by atoms with van der Waals surface area (Å²) >= 11 is 0. The first-order valence-electron chi connectivity index (χ1n) is 6.52. The van der Waals surface area contributed by atoms with E-state index < -0.39 is 0 Å². The van der Waals surface area contributed by atoms with Crippen LogP contribution in [0.1, 0.15) is 24.8 Å². The van der Waals surface area contributed by atoms with Crippen molar-refractivity contribution < 1.29 is 9.15 Å². The van der Waals surface area contributed by atoms with Gasteiger partial charge in [0.05, 0.1) is 7.11 Å². The van der Waals surface area contributed by atoms with E-state index in [1.54, 1.807) is 7.11 Å². The minimum absolute atomic E-state index is 0.342. The van der Waals surface area contributed by atoms with Gasteiger partial charge >= 0.3 is 6.08 Å². The highest BCUT2D eigenvalue weighted by Gasteiger charge is 2.16. The molecule has 4 nitrogen and oxygen atoms in total. The van der Waals surface area contributed by atoms with E-state index in [0.29, 0.717) is 12.1 Å². The molecule has 0 bridgehead atoms. The summed E-state index contributed by atoms with van der Waals surface area (Å²) < 4.78 is 10.5. The largest absolute Gasteiger partial charge is 0.453 e. The number of oxazole rings is 1. The summed E-state index contributed by atoms with van der Waals surface area (Å²) in [6, 6.07) is 6.64. The summed E-state index contributed by atoms with van der Waals surface area (Å²) in [5, 5.41) is 3.56. The summed E-state index contributed by atoms with van der Waals surface area (Å²) in [4.78, 5) is 4.38. The number of fused-ring (bicyclic) bond motifs is 1. The Bertz CT molecular complexity index is 530. The SMILES string of the molecule is COc1nc2c(CC3CCCCN3)cccc2o1. The van der Waals surface area contributed by atoms with Crippen LogP contribution >= 0.6 is 0 Å². The number of methoxy groups -OCH3 is 1. The summed E-state index contributed by atoms with van der Waals surface area (Å²) in [5.41, 5.74) is 2.97. The van der Waals surface area contributed by atoms with Gasteiger partial charge in [0.15, 0.2) is 5.58 Å². The van der Waals surface area contributed by atoms with E-state index in [2.05, 4.69) is 16.4 Å². The smallest absolute Gasteiger partial charge is 0.394 e. The van der Waals surface area contributed by atoms with Crippen LogP contribution in [0.5, 0.6) is 6.08 Å². The van der Waals surface area contributed by atoms with Crippen LogP contribution in [0, 0.1) is 0 Å². The number of para-hydroxylation sites is 1. The first-order chi connectivity index (χ1) is 8.86. The molecule has 0 amide bonds. The summed E-state index contributed by atoms with van der Waals surface area (Å²) in [5.74, 6) is 0. The van der Waals surface area contributed by atoms with E-state index in [-0.39, 0.29) is 0 Å². The molecule has 1 fully saturated rings. The van der Waals surface area contributed by atoms with Crippen molar-refractivity contribution in [3.63, 3.8) is 0 Å². The number of ether oxygens (including phenoxy) is 1. The molecule has 18 heavy (non-hydrogen) atoms. The van der Waals surface area contributed by atoms with Crippen LogP contribution in [-0.2, 0) is 6.42 Å². The molecule has 0 radical (unpaired) electrons. The van der Waals surface area contributed by atoms with Crippen LogP contribution in [0.4, 0.5) is 0 Å². The molecule has 1 aliphatic heterocycles. The number of rotatable bonds is 3. The minimum atomic E-state index is 0.342. The van der Waals surface area contributed by atoms with Crippen molar-refractivity contribution in [3.8, 4) is 6.08 Å². The summed E-state index contributed by atoms with van der Waals surface area (Å²) in [6.45, 7) is 1.13. The Labute approximate surface area is 106 Å². The van der Waals surface area contributed by atoms with E-state index in [4.69, 9.17) is 9.15 Å². The lowest BCUT2D eigenvalue weighted by Gasteiger charge is -2.23. The number of benzene rings is 1. The van der Waals surface area contributed by atoms with Crippen molar-refractivity contribution >= 4 is 11.1 Å². The number of hydrogen-bond donors (Lipinski definition) is 1. The Kier molecular flexibility index (Phi) is 3.19. The number of hydrogen-bond acceptors (Lipinski definition) is 4. The van der Waals surface area contributed by atoms with E-state index in [1.165, 1.54) is 24.8 Å². The Hall–Kier alpha value is -1.55. The fourth-order valence-corrected chi connectivity index (χ4v) is 2.60. The molecule has 4 heteroatoms. The number of nitrogens with one attached hydrogen (secondary N) is 1. The van der Waals surface area contributed by atoms with Gasteiger partial charge < -0.3 is 14.5 Å².